The van der Waals surface area contributed by atoms with Gasteiger partial charge in [0.05, 0.1) is 18.4 Å². The quantitative estimate of drug-likeness (QED) is 0.412. The van der Waals surface area contributed by atoms with Crippen LogP contribution in [0.25, 0.3) is 5.82 Å². The highest BCUT2D eigenvalue weighted by molar-refractivity contribution is 5.85. The molecule has 4 aromatic rings. The van der Waals surface area contributed by atoms with Gasteiger partial charge in [-0.3, -0.25) is 0 Å². The molecule has 0 atom stereocenters. The van der Waals surface area contributed by atoms with Crippen molar-refractivity contribution in [1.29, 1.82) is 0 Å². The zero-order valence-corrected chi connectivity index (χ0v) is 18.3. The molecule has 0 amide bonds. The fourth-order valence-corrected chi connectivity index (χ4v) is 3.67. The number of anilines is 1. The Morgan fingerprint density at radius 3 is 2.76 bits per heavy atom. The first-order chi connectivity index (χ1) is 16.5. The molecule has 0 aliphatic carbocycles. The Kier molecular flexibility index (Phi) is 5.76. The van der Waals surface area contributed by atoms with Crippen LogP contribution in [-0.4, -0.2) is 74.3 Å². The Balaban J connectivity index is 1.16. The number of carboxylic acid groups (broad SMARTS) is 1. The fraction of sp³-hybridized carbons (Fsp3) is 0.350. The highest BCUT2D eigenvalue weighted by Gasteiger charge is 2.24. The number of aromatic carboxylic acids is 1. The van der Waals surface area contributed by atoms with E-state index in [0.717, 1.165) is 12.8 Å². The van der Waals surface area contributed by atoms with Crippen molar-refractivity contribution in [1.82, 2.24) is 50.2 Å². The second kappa shape index (κ2) is 9.17. The highest BCUT2D eigenvalue weighted by Crippen LogP contribution is 2.24. The van der Waals surface area contributed by atoms with Crippen LogP contribution in [0.1, 0.15) is 40.8 Å². The van der Waals surface area contributed by atoms with Gasteiger partial charge in [0.2, 0.25) is 5.95 Å². The number of nitrogens with zero attached hydrogens (tertiary/aromatic N) is 11. The number of tetrazole rings is 1. The lowest BCUT2D eigenvalue weighted by molar-refractivity contribution is 0.0690. The minimum Gasteiger partial charge on any atom is -0.486 e. The van der Waals surface area contributed by atoms with Crippen LogP contribution in [0.4, 0.5) is 5.95 Å². The number of aromatic nitrogens is 10. The van der Waals surface area contributed by atoms with Gasteiger partial charge in [-0.05, 0) is 48.4 Å². The Morgan fingerprint density at radius 1 is 1.21 bits per heavy atom. The van der Waals surface area contributed by atoms with E-state index in [1.165, 1.54) is 17.1 Å². The SMILES string of the molecule is Cc1cc(C(=O)O)nc(N2CCC(n3ncc(COc4ccc(-n5cnnn5)nc4)n3)CC2)n1. The maximum absolute atomic E-state index is 11.3. The number of carboxylic acids is 1. The molecule has 1 aliphatic heterocycles. The van der Waals surface area contributed by atoms with Crippen LogP contribution in [0.2, 0.25) is 0 Å². The van der Waals surface area contributed by atoms with Crippen LogP contribution in [0.5, 0.6) is 5.75 Å². The van der Waals surface area contributed by atoms with Crippen LogP contribution >= 0.6 is 0 Å². The van der Waals surface area contributed by atoms with Crippen LogP contribution in [0, 0.1) is 6.92 Å². The summed E-state index contributed by atoms with van der Waals surface area (Å²) in [6, 6.07) is 5.14. The Labute approximate surface area is 193 Å². The smallest absolute Gasteiger partial charge is 0.354 e. The van der Waals surface area contributed by atoms with Gasteiger partial charge in [0, 0.05) is 18.8 Å². The Hall–Kier alpha value is -4.49. The van der Waals surface area contributed by atoms with Gasteiger partial charge >= 0.3 is 5.97 Å². The lowest BCUT2D eigenvalue weighted by Crippen LogP contribution is -2.36. The van der Waals surface area contributed by atoms with Crippen molar-refractivity contribution in [2.45, 2.75) is 32.4 Å². The molecule has 1 N–H and O–H groups in total. The molecular weight excluding hydrogens is 442 g/mol. The molecule has 5 heterocycles. The molecule has 34 heavy (non-hydrogen) atoms. The van der Waals surface area contributed by atoms with Crippen molar-refractivity contribution < 1.29 is 14.6 Å². The average Bonchev–Trinajstić information content (AvgIpc) is 3.56. The van der Waals surface area contributed by atoms with Gasteiger partial charge in [0.15, 0.2) is 11.5 Å². The zero-order valence-electron chi connectivity index (χ0n) is 18.3. The molecule has 1 aliphatic rings. The first-order valence-electron chi connectivity index (χ1n) is 10.6. The molecule has 14 nitrogen and oxygen atoms in total. The van der Waals surface area contributed by atoms with E-state index in [1.807, 2.05) is 4.90 Å². The summed E-state index contributed by atoms with van der Waals surface area (Å²) in [6.07, 6.45) is 6.33. The van der Waals surface area contributed by atoms with Gasteiger partial charge in [-0.25, -0.2) is 19.7 Å². The minimum atomic E-state index is -1.06. The molecular formula is C20H21N11O3. The highest BCUT2D eigenvalue weighted by atomic mass is 16.5. The van der Waals surface area contributed by atoms with Crippen LogP contribution < -0.4 is 9.64 Å². The summed E-state index contributed by atoms with van der Waals surface area (Å²) in [7, 11) is 0. The molecule has 1 fully saturated rings. The molecule has 14 heteroatoms. The van der Waals surface area contributed by atoms with Crippen LogP contribution in [-0.2, 0) is 6.61 Å². The van der Waals surface area contributed by atoms with Crippen molar-refractivity contribution in [3.63, 3.8) is 0 Å². The second-order valence-corrected chi connectivity index (χ2v) is 7.77. The number of pyridine rings is 1. The average molecular weight is 463 g/mol. The summed E-state index contributed by atoms with van der Waals surface area (Å²) in [4.78, 5) is 27.8. The van der Waals surface area contributed by atoms with Crippen molar-refractivity contribution in [2.75, 3.05) is 18.0 Å². The first kappa shape index (κ1) is 21.4. The standard InChI is InChI=1S/C20H21N11O3/c1-13-8-17(19(32)33)25-20(24-13)29-6-4-15(5-7-29)31-23-9-14(26-31)11-34-16-2-3-18(21-10-16)30-12-22-27-28-30/h2-3,8-10,12,15H,4-7,11H2,1H3,(H,32,33). The van der Waals surface area contributed by atoms with Gasteiger partial charge < -0.3 is 14.7 Å². The Bertz CT molecular complexity index is 1270. The predicted octanol–water partition coefficient (Wildman–Crippen LogP) is 0.866. The number of rotatable bonds is 7. The molecule has 1 saturated heterocycles. The number of ether oxygens (including phenoxy) is 1. The van der Waals surface area contributed by atoms with Crippen LogP contribution in [0.3, 0.4) is 0 Å². The zero-order chi connectivity index (χ0) is 23.5. The minimum absolute atomic E-state index is 0.00301. The van der Waals surface area contributed by atoms with E-state index in [1.54, 1.807) is 36.2 Å². The predicted molar refractivity (Wildman–Crippen MR) is 116 cm³/mol. The van der Waals surface area contributed by atoms with E-state index in [-0.39, 0.29) is 18.3 Å². The third-order valence-electron chi connectivity index (χ3n) is 5.38. The van der Waals surface area contributed by atoms with Crippen molar-refractivity contribution in [2.24, 2.45) is 0 Å². The first-order valence-corrected chi connectivity index (χ1v) is 10.6. The normalized spacial score (nSPS) is 14.3. The largest absolute Gasteiger partial charge is 0.486 e. The van der Waals surface area contributed by atoms with Gasteiger partial charge in [0.1, 0.15) is 24.4 Å². The number of carbonyl (C=O) groups is 1. The summed E-state index contributed by atoms with van der Waals surface area (Å²) < 4.78 is 7.22. The van der Waals surface area contributed by atoms with Crippen molar-refractivity contribution in [3.05, 3.63) is 54.0 Å². The van der Waals surface area contributed by atoms with Gasteiger partial charge in [-0.2, -0.15) is 19.7 Å². The van der Waals surface area contributed by atoms with E-state index in [2.05, 4.69) is 40.7 Å². The number of hydrogen-bond acceptors (Lipinski definition) is 11. The Morgan fingerprint density at radius 2 is 2.06 bits per heavy atom. The van der Waals surface area contributed by atoms with Gasteiger partial charge in [-0.15, -0.1) is 5.10 Å². The van der Waals surface area contributed by atoms with Crippen molar-refractivity contribution >= 4 is 11.9 Å². The second-order valence-electron chi connectivity index (χ2n) is 7.77. The van der Waals surface area contributed by atoms with E-state index in [4.69, 9.17) is 4.74 Å². The molecule has 0 unspecified atom stereocenters. The summed E-state index contributed by atoms with van der Waals surface area (Å²) in [5.41, 5.74) is 1.34. The lowest BCUT2D eigenvalue weighted by atomic mass is 10.1. The monoisotopic (exact) mass is 463 g/mol. The maximum atomic E-state index is 11.3. The van der Waals surface area contributed by atoms with E-state index < -0.39 is 5.97 Å². The van der Waals surface area contributed by atoms with Crippen molar-refractivity contribution in [3.8, 4) is 11.6 Å². The lowest BCUT2D eigenvalue weighted by Gasteiger charge is -2.31. The fourth-order valence-electron chi connectivity index (χ4n) is 3.67. The van der Waals surface area contributed by atoms with Crippen LogP contribution in [0.15, 0.2) is 36.9 Å². The molecule has 174 valence electrons. The van der Waals surface area contributed by atoms with E-state index in [0.29, 0.717) is 42.0 Å². The number of aryl methyl sites for hydroxylation is 1. The summed E-state index contributed by atoms with van der Waals surface area (Å²) in [5, 5.41) is 29.2. The third-order valence-corrected chi connectivity index (χ3v) is 5.38. The topological polar surface area (TPSA) is 163 Å². The summed E-state index contributed by atoms with van der Waals surface area (Å²) in [5.74, 6) is 0.567. The molecule has 5 rings (SSSR count). The summed E-state index contributed by atoms with van der Waals surface area (Å²) >= 11 is 0. The maximum Gasteiger partial charge on any atom is 0.354 e. The van der Waals surface area contributed by atoms with E-state index >= 15 is 0 Å². The summed E-state index contributed by atoms with van der Waals surface area (Å²) in [6.45, 7) is 3.39. The third kappa shape index (κ3) is 4.65. The number of hydrogen-bond donors (Lipinski definition) is 1. The molecule has 0 saturated carbocycles. The van der Waals surface area contributed by atoms with Gasteiger partial charge in [-0.1, -0.05) is 0 Å². The molecule has 0 spiro atoms. The number of piperidine rings is 1. The molecule has 0 aromatic carbocycles. The molecule has 4 aromatic heterocycles. The van der Waals surface area contributed by atoms with Gasteiger partial charge in [0.25, 0.3) is 0 Å². The molecule has 0 radical (unpaired) electrons. The van der Waals surface area contributed by atoms with E-state index in [9.17, 15) is 9.90 Å². The molecule has 0 bridgehead atoms.